The lowest BCUT2D eigenvalue weighted by atomic mass is 9.82. The van der Waals surface area contributed by atoms with Gasteiger partial charge >= 0.3 is 12.2 Å². The van der Waals surface area contributed by atoms with Crippen LogP contribution in [0, 0.1) is 5.41 Å². The highest BCUT2D eigenvalue weighted by Crippen LogP contribution is 2.44. The van der Waals surface area contributed by atoms with E-state index in [1.165, 1.54) is 4.90 Å². The Balaban J connectivity index is 1.16. The Hall–Kier alpha value is -4.53. The van der Waals surface area contributed by atoms with E-state index in [1.807, 2.05) is 48.5 Å². The molecule has 0 aromatic heterocycles. The Kier molecular flexibility index (Phi) is 7.97. The van der Waals surface area contributed by atoms with E-state index in [0.717, 1.165) is 53.9 Å². The highest BCUT2D eigenvalue weighted by molar-refractivity contribution is 6.00. The summed E-state index contributed by atoms with van der Waals surface area (Å²) in [4.78, 5) is 42.5. The number of carboxylic acid groups (broad SMARTS) is 1. The normalized spacial score (nSPS) is 18.6. The van der Waals surface area contributed by atoms with E-state index in [0.29, 0.717) is 11.1 Å². The Morgan fingerprint density at radius 1 is 0.841 bits per heavy atom. The molecule has 2 aliphatic heterocycles. The fourth-order valence-corrected chi connectivity index (χ4v) is 6.72. The molecule has 9 nitrogen and oxygen atoms in total. The number of benzene rings is 3. The van der Waals surface area contributed by atoms with Gasteiger partial charge in [0.15, 0.2) is 0 Å². The van der Waals surface area contributed by atoms with E-state index >= 15 is 0 Å². The van der Waals surface area contributed by atoms with Gasteiger partial charge in [0.05, 0.1) is 0 Å². The van der Waals surface area contributed by atoms with Gasteiger partial charge in [0.2, 0.25) is 5.91 Å². The molecule has 0 atom stereocenters. The van der Waals surface area contributed by atoms with Gasteiger partial charge in [-0.1, -0.05) is 68.4 Å². The topological polar surface area (TPSA) is 111 Å². The summed E-state index contributed by atoms with van der Waals surface area (Å²) >= 11 is 0. The number of hydrogen-bond acceptors (Lipinski definition) is 5. The Morgan fingerprint density at radius 2 is 1.45 bits per heavy atom. The fourth-order valence-electron chi connectivity index (χ4n) is 6.72. The van der Waals surface area contributed by atoms with Crippen LogP contribution < -0.4 is 15.5 Å². The van der Waals surface area contributed by atoms with E-state index in [-0.39, 0.29) is 44.4 Å². The van der Waals surface area contributed by atoms with Gasteiger partial charge in [0, 0.05) is 43.5 Å². The first-order valence-electron chi connectivity index (χ1n) is 15.4. The summed E-state index contributed by atoms with van der Waals surface area (Å²) in [7, 11) is 0. The second-order valence-corrected chi connectivity index (χ2v) is 13.0. The number of likely N-dealkylation sites (tertiary alicyclic amines) is 1. The Labute approximate surface area is 258 Å². The van der Waals surface area contributed by atoms with Crippen molar-refractivity contribution < 1.29 is 24.2 Å². The zero-order valence-corrected chi connectivity index (χ0v) is 25.3. The predicted octanol–water partition coefficient (Wildman–Crippen LogP) is 6.30. The molecule has 44 heavy (non-hydrogen) atoms. The predicted molar refractivity (Wildman–Crippen MR) is 170 cm³/mol. The third-order valence-corrected chi connectivity index (χ3v) is 9.59. The third kappa shape index (κ3) is 5.96. The molecular formula is C35H40N4O5. The lowest BCUT2D eigenvalue weighted by Crippen LogP contribution is -2.62. The minimum atomic E-state index is -1.32. The summed E-state index contributed by atoms with van der Waals surface area (Å²) in [6.07, 6.45) is 0.716. The lowest BCUT2D eigenvalue weighted by Gasteiger charge is -2.40. The van der Waals surface area contributed by atoms with Crippen LogP contribution >= 0.6 is 0 Å². The number of carbonyl (C=O) groups is 3. The molecule has 2 heterocycles. The molecule has 230 valence electrons. The van der Waals surface area contributed by atoms with Crippen LogP contribution in [-0.4, -0.2) is 66.4 Å². The minimum absolute atomic E-state index is 0.116. The average molecular weight is 597 g/mol. The van der Waals surface area contributed by atoms with Gasteiger partial charge in [0.25, 0.3) is 0 Å². The number of alkyl carbamates (subject to hydrolysis) is 1. The summed E-state index contributed by atoms with van der Waals surface area (Å²) in [6.45, 7) is 6.84. The van der Waals surface area contributed by atoms with Gasteiger partial charge < -0.3 is 30.3 Å². The molecule has 0 bridgehead atoms. The van der Waals surface area contributed by atoms with E-state index in [1.54, 1.807) is 0 Å². The van der Waals surface area contributed by atoms with Gasteiger partial charge in [-0.25, -0.2) is 9.59 Å². The van der Waals surface area contributed by atoms with Crippen molar-refractivity contribution >= 4 is 29.5 Å². The largest absolute Gasteiger partial charge is 0.465 e. The highest BCUT2D eigenvalue weighted by Gasteiger charge is 2.44. The van der Waals surface area contributed by atoms with Crippen molar-refractivity contribution in [1.29, 1.82) is 0 Å². The first kappa shape index (κ1) is 29.5. The molecule has 2 fully saturated rings. The Bertz CT molecular complexity index is 1510. The number of rotatable bonds is 6. The SMILES string of the molecule is CC1(C)CCN(c2cccc(NC(=O)C3(NC(=O)OCC4c5ccccc5-c5ccccc54)CCN(C(=O)O)CC3)c2)CC1. The molecule has 2 saturated heterocycles. The number of ether oxygens (including phenoxy) is 1. The molecule has 3 amide bonds. The summed E-state index contributed by atoms with van der Waals surface area (Å²) in [5, 5.41) is 15.4. The standard InChI is InChI=1S/C35H40N4O5/c1-34(2)14-18-38(19-15-34)25-9-7-8-24(22-25)36-31(40)35(16-20-39(21-17-35)33(42)43)37-32(41)44-23-30-28-12-5-3-10-26(28)27-11-4-6-13-29(27)30/h3-13,22,30H,14-21,23H2,1-2H3,(H,36,40)(H,37,41)(H,42,43). The van der Waals surface area contributed by atoms with Crippen LogP contribution in [0.4, 0.5) is 21.0 Å². The molecule has 6 rings (SSSR count). The van der Waals surface area contributed by atoms with Crippen LogP contribution in [0.25, 0.3) is 11.1 Å². The number of fused-ring (bicyclic) bond motifs is 3. The molecule has 0 spiro atoms. The number of nitrogens with one attached hydrogen (secondary N) is 2. The maximum absolute atomic E-state index is 13.9. The van der Waals surface area contributed by atoms with Crippen molar-refractivity contribution in [2.45, 2.75) is 51.0 Å². The zero-order valence-electron chi connectivity index (χ0n) is 25.3. The summed E-state index contributed by atoms with van der Waals surface area (Å²) in [5.41, 5.74) is 5.13. The third-order valence-electron chi connectivity index (χ3n) is 9.59. The van der Waals surface area contributed by atoms with Gasteiger partial charge in [-0.05, 0) is 71.6 Å². The van der Waals surface area contributed by atoms with Crippen molar-refractivity contribution in [3.8, 4) is 11.1 Å². The summed E-state index contributed by atoms with van der Waals surface area (Å²) < 4.78 is 5.79. The smallest absolute Gasteiger partial charge is 0.408 e. The average Bonchev–Trinajstić information content (AvgIpc) is 3.34. The van der Waals surface area contributed by atoms with Crippen LogP contribution in [0.15, 0.2) is 72.8 Å². The van der Waals surface area contributed by atoms with Crippen molar-refractivity contribution in [1.82, 2.24) is 10.2 Å². The molecule has 3 N–H and O–H groups in total. The number of hydrogen-bond donors (Lipinski definition) is 3. The molecule has 3 aromatic carbocycles. The van der Waals surface area contributed by atoms with Crippen LogP contribution in [0.1, 0.15) is 56.6 Å². The van der Waals surface area contributed by atoms with Crippen LogP contribution in [0.5, 0.6) is 0 Å². The van der Waals surface area contributed by atoms with Gasteiger partial charge in [-0.3, -0.25) is 4.79 Å². The number of nitrogens with zero attached hydrogens (tertiary/aromatic N) is 2. The monoisotopic (exact) mass is 596 g/mol. The second kappa shape index (κ2) is 11.9. The van der Waals surface area contributed by atoms with Crippen molar-refractivity contribution in [3.63, 3.8) is 0 Å². The molecule has 1 aliphatic carbocycles. The quantitative estimate of drug-likeness (QED) is 0.308. The van der Waals surface area contributed by atoms with E-state index in [2.05, 4.69) is 53.6 Å². The molecule has 0 radical (unpaired) electrons. The van der Waals surface area contributed by atoms with Crippen LogP contribution in [-0.2, 0) is 9.53 Å². The van der Waals surface area contributed by atoms with E-state index in [4.69, 9.17) is 4.74 Å². The minimum Gasteiger partial charge on any atom is -0.465 e. The molecule has 0 saturated carbocycles. The maximum Gasteiger partial charge on any atom is 0.408 e. The summed E-state index contributed by atoms with van der Waals surface area (Å²) in [6, 6.07) is 24.0. The lowest BCUT2D eigenvalue weighted by molar-refractivity contribution is -0.124. The van der Waals surface area contributed by atoms with E-state index < -0.39 is 17.7 Å². The highest BCUT2D eigenvalue weighted by atomic mass is 16.5. The van der Waals surface area contributed by atoms with Crippen molar-refractivity contribution in [2.75, 3.05) is 43.0 Å². The van der Waals surface area contributed by atoms with Crippen molar-refractivity contribution in [3.05, 3.63) is 83.9 Å². The van der Waals surface area contributed by atoms with Gasteiger partial charge in [0.1, 0.15) is 12.1 Å². The summed E-state index contributed by atoms with van der Waals surface area (Å²) in [5.74, 6) is -0.497. The number of piperidine rings is 2. The maximum atomic E-state index is 13.9. The fraction of sp³-hybridized carbons (Fsp3) is 0.400. The van der Waals surface area contributed by atoms with E-state index in [9.17, 15) is 19.5 Å². The number of carbonyl (C=O) groups excluding carboxylic acids is 2. The number of anilines is 2. The second-order valence-electron chi connectivity index (χ2n) is 13.0. The van der Waals surface area contributed by atoms with Gasteiger partial charge in [-0.15, -0.1) is 0 Å². The first-order chi connectivity index (χ1) is 21.1. The molecule has 3 aromatic rings. The molecule has 9 heteroatoms. The molecule has 0 unspecified atom stereocenters. The Morgan fingerprint density at radius 3 is 2.07 bits per heavy atom. The molecular weight excluding hydrogens is 556 g/mol. The van der Waals surface area contributed by atoms with Crippen molar-refractivity contribution in [2.24, 2.45) is 5.41 Å². The van der Waals surface area contributed by atoms with Gasteiger partial charge in [-0.2, -0.15) is 0 Å². The van der Waals surface area contributed by atoms with Crippen LogP contribution in [0.2, 0.25) is 0 Å². The molecule has 3 aliphatic rings. The number of amides is 3. The van der Waals surface area contributed by atoms with Crippen LogP contribution in [0.3, 0.4) is 0 Å². The first-order valence-corrected chi connectivity index (χ1v) is 15.4. The zero-order chi connectivity index (χ0) is 30.9.